The molecule has 1 heterocycles. The first-order valence-electron chi connectivity index (χ1n) is 5.20. The van der Waals surface area contributed by atoms with Crippen molar-refractivity contribution in [3.63, 3.8) is 0 Å². The van der Waals surface area contributed by atoms with Gasteiger partial charge >= 0.3 is 6.18 Å². The first kappa shape index (κ1) is 12.6. The first-order valence-corrected chi connectivity index (χ1v) is 5.20. The smallest absolute Gasteiger partial charge is 0.385 e. The van der Waals surface area contributed by atoms with Gasteiger partial charge < -0.3 is 9.63 Å². The van der Waals surface area contributed by atoms with Crippen LogP contribution in [-0.4, -0.2) is 10.3 Å². The Labute approximate surface area is 101 Å². The second-order valence-electron chi connectivity index (χ2n) is 3.87. The van der Waals surface area contributed by atoms with E-state index in [1.54, 1.807) is 0 Å². The van der Waals surface area contributed by atoms with Crippen LogP contribution < -0.4 is 0 Å². The number of hydrogen-bond acceptors (Lipinski definition) is 3. The highest BCUT2D eigenvalue weighted by molar-refractivity contribution is 5.60. The molecule has 0 fully saturated rings. The van der Waals surface area contributed by atoms with Crippen LogP contribution in [0.1, 0.15) is 24.4 Å². The van der Waals surface area contributed by atoms with Crippen molar-refractivity contribution < 1.29 is 22.8 Å². The number of aliphatic hydroxyl groups is 1. The van der Waals surface area contributed by atoms with E-state index in [2.05, 4.69) is 5.16 Å². The Morgan fingerprint density at radius 1 is 1.28 bits per heavy atom. The number of aromatic nitrogens is 1. The minimum absolute atomic E-state index is 0.211. The van der Waals surface area contributed by atoms with E-state index in [4.69, 9.17) is 4.52 Å². The average Bonchev–Trinajstić information content (AvgIpc) is 2.77. The van der Waals surface area contributed by atoms with E-state index in [0.29, 0.717) is 5.56 Å². The molecular weight excluding hydrogens is 247 g/mol. The van der Waals surface area contributed by atoms with Crippen LogP contribution in [0.25, 0.3) is 11.3 Å². The Kier molecular flexibility index (Phi) is 3.13. The highest BCUT2D eigenvalue weighted by Gasteiger charge is 2.30. The van der Waals surface area contributed by atoms with E-state index in [1.807, 2.05) is 0 Å². The maximum Gasteiger partial charge on any atom is 0.416 e. The van der Waals surface area contributed by atoms with E-state index in [9.17, 15) is 18.3 Å². The molecule has 0 spiro atoms. The van der Waals surface area contributed by atoms with Crippen molar-refractivity contribution in [1.29, 1.82) is 0 Å². The summed E-state index contributed by atoms with van der Waals surface area (Å²) in [5.41, 5.74) is -0.195. The molecule has 0 saturated carbocycles. The predicted molar refractivity (Wildman–Crippen MR) is 57.6 cm³/mol. The van der Waals surface area contributed by atoms with Crippen LogP contribution in [0.15, 0.2) is 34.9 Å². The number of nitrogens with zero attached hydrogens (tertiary/aromatic N) is 1. The van der Waals surface area contributed by atoms with Crippen LogP contribution in [0.2, 0.25) is 0 Å². The molecule has 0 aliphatic heterocycles. The normalized spacial score (nSPS) is 13.6. The SMILES string of the molecule is C[C@@H](O)c1cc(-c2cccc(C(F)(F)F)c2)no1. The molecule has 0 aliphatic carbocycles. The molecule has 0 saturated heterocycles. The van der Waals surface area contributed by atoms with Gasteiger partial charge in [0.25, 0.3) is 0 Å². The van der Waals surface area contributed by atoms with Gasteiger partial charge in [-0.15, -0.1) is 0 Å². The Balaban J connectivity index is 2.38. The molecule has 2 rings (SSSR count). The van der Waals surface area contributed by atoms with E-state index in [-0.39, 0.29) is 11.5 Å². The molecule has 96 valence electrons. The Bertz CT molecular complexity index is 546. The molecule has 6 heteroatoms. The van der Waals surface area contributed by atoms with Crippen LogP contribution >= 0.6 is 0 Å². The second kappa shape index (κ2) is 4.45. The minimum Gasteiger partial charge on any atom is -0.385 e. The van der Waals surface area contributed by atoms with Gasteiger partial charge in [-0.3, -0.25) is 0 Å². The molecule has 3 nitrogen and oxygen atoms in total. The molecule has 0 amide bonds. The highest BCUT2D eigenvalue weighted by Crippen LogP contribution is 2.32. The Morgan fingerprint density at radius 3 is 2.56 bits per heavy atom. The second-order valence-corrected chi connectivity index (χ2v) is 3.87. The Morgan fingerprint density at radius 2 is 2.00 bits per heavy atom. The maximum absolute atomic E-state index is 12.5. The lowest BCUT2D eigenvalue weighted by atomic mass is 10.1. The van der Waals surface area contributed by atoms with Gasteiger partial charge in [-0.1, -0.05) is 17.3 Å². The molecular formula is C12H10F3NO2. The lowest BCUT2D eigenvalue weighted by molar-refractivity contribution is -0.137. The van der Waals surface area contributed by atoms with E-state index in [0.717, 1.165) is 12.1 Å². The molecule has 1 aromatic heterocycles. The molecule has 0 radical (unpaired) electrons. The van der Waals surface area contributed by atoms with Crippen molar-refractivity contribution in [2.24, 2.45) is 0 Å². The third-order valence-corrected chi connectivity index (χ3v) is 2.43. The fraction of sp³-hybridized carbons (Fsp3) is 0.250. The van der Waals surface area contributed by atoms with Gasteiger partial charge in [-0.05, 0) is 19.1 Å². The van der Waals surface area contributed by atoms with Gasteiger partial charge in [-0.2, -0.15) is 13.2 Å². The van der Waals surface area contributed by atoms with E-state index < -0.39 is 17.8 Å². The zero-order chi connectivity index (χ0) is 13.3. The number of alkyl halides is 3. The molecule has 2 aromatic rings. The zero-order valence-corrected chi connectivity index (χ0v) is 9.40. The lowest BCUT2D eigenvalue weighted by Gasteiger charge is -2.06. The lowest BCUT2D eigenvalue weighted by Crippen LogP contribution is -2.04. The van der Waals surface area contributed by atoms with Gasteiger partial charge in [-0.25, -0.2) is 0 Å². The van der Waals surface area contributed by atoms with Gasteiger partial charge in [0, 0.05) is 11.6 Å². The summed E-state index contributed by atoms with van der Waals surface area (Å²) in [4.78, 5) is 0. The van der Waals surface area contributed by atoms with Crippen LogP contribution in [0.3, 0.4) is 0 Å². The van der Waals surface area contributed by atoms with Crippen molar-refractivity contribution in [2.45, 2.75) is 19.2 Å². The van der Waals surface area contributed by atoms with E-state index >= 15 is 0 Å². The molecule has 0 unspecified atom stereocenters. The summed E-state index contributed by atoms with van der Waals surface area (Å²) in [5.74, 6) is 0.211. The average molecular weight is 257 g/mol. The number of halogens is 3. The number of benzene rings is 1. The largest absolute Gasteiger partial charge is 0.416 e. The predicted octanol–water partition coefficient (Wildman–Crippen LogP) is 3.41. The van der Waals surface area contributed by atoms with Crippen molar-refractivity contribution in [1.82, 2.24) is 5.16 Å². The molecule has 18 heavy (non-hydrogen) atoms. The molecule has 1 N–H and O–H groups in total. The van der Waals surface area contributed by atoms with Crippen LogP contribution in [0.4, 0.5) is 13.2 Å². The number of aliphatic hydroxyl groups excluding tert-OH is 1. The zero-order valence-electron chi connectivity index (χ0n) is 9.40. The van der Waals surface area contributed by atoms with Crippen LogP contribution in [0, 0.1) is 0 Å². The first-order chi connectivity index (χ1) is 8.38. The number of rotatable bonds is 2. The fourth-order valence-electron chi connectivity index (χ4n) is 1.48. The summed E-state index contributed by atoms with van der Waals surface area (Å²) >= 11 is 0. The fourth-order valence-corrected chi connectivity index (χ4v) is 1.48. The molecule has 1 aromatic carbocycles. The molecule has 0 aliphatic rings. The third-order valence-electron chi connectivity index (χ3n) is 2.43. The van der Waals surface area contributed by atoms with Crippen molar-refractivity contribution >= 4 is 0 Å². The summed E-state index contributed by atoms with van der Waals surface area (Å²) in [7, 11) is 0. The topological polar surface area (TPSA) is 46.3 Å². The van der Waals surface area contributed by atoms with Crippen molar-refractivity contribution in [2.75, 3.05) is 0 Å². The van der Waals surface area contributed by atoms with Gasteiger partial charge in [0.2, 0.25) is 0 Å². The summed E-state index contributed by atoms with van der Waals surface area (Å²) < 4.78 is 42.4. The highest BCUT2D eigenvalue weighted by atomic mass is 19.4. The van der Waals surface area contributed by atoms with Gasteiger partial charge in [0.15, 0.2) is 5.76 Å². The quantitative estimate of drug-likeness (QED) is 0.896. The third kappa shape index (κ3) is 2.53. The molecule has 0 bridgehead atoms. The standard InChI is InChI=1S/C12H10F3NO2/c1-7(17)11-6-10(16-18-11)8-3-2-4-9(5-8)12(13,14)15/h2-7,17H,1H3/t7-/m1/s1. The monoisotopic (exact) mass is 257 g/mol. The number of hydrogen-bond donors (Lipinski definition) is 1. The summed E-state index contributed by atoms with van der Waals surface area (Å²) in [6.07, 6.45) is -5.25. The van der Waals surface area contributed by atoms with Crippen LogP contribution in [-0.2, 0) is 6.18 Å². The maximum atomic E-state index is 12.5. The minimum atomic E-state index is -4.40. The van der Waals surface area contributed by atoms with Crippen molar-refractivity contribution in [3.05, 3.63) is 41.7 Å². The summed E-state index contributed by atoms with van der Waals surface area (Å²) in [5, 5.41) is 12.9. The van der Waals surface area contributed by atoms with Crippen LogP contribution in [0.5, 0.6) is 0 Å². The Hall–Kier alpha value is -1.82. The van der Waals surface area contributed by atoms with Gasteiger partial charge in [0.1, 0.15) is 11.8 Å². The summed E-state index contributed by atoms with van der Waals surface area (Å²) in [6.45, 7) is 1.48. The van der Waals surface area contributed by atoms with E-state index in [1.165, 1.54) is 25.1 Å². The summed E-state index contributed by atoms with van der Waals surface area (Å²) in [6, 6.07) is 6.19. The van der Waals surface area contributed by atoms with Crippen molar-refractivity contribution in [3.8, 4) is 11.3 Å². The molecule has 1 atom stereocenters. The van der Waals surface area contributed by atoms with Gasteiger partial charge in [0.05, 0.1) is 5.56 Å².